The Morgan fingerprint density at radius 1 is 1.14 bits per heavy atom. The van der Waals surface area contributed by atoms with Gasteiger partial charge in [0.05, 0.1) is 10.9 Å². The molecule has 1 fully saturated rings. The Balaban J connectivity index is 1.63. The first-order valence-electron chi connectivity index (χ1n) is 9.47. The Labute approximate surface area is 166 Å². The molecule has 3 rings (SSSR count). The summed E-state index contributed by atoms with van der Waals surface area (Å²) in [4.78, 5) is 12.7. The molecule has 2 aromatic rings. The molecule has 1 atom stereocenters. The monoisotopic (exact) mass is 402 g/mol. The highest BCUT2D eigenvalue weighted by Crippen LogP contribution is 2.21. The molecule has 0 unspecified atom stereocenters. The van der Waals surface area contributed by atoms with E-state index in [0.717, 1.165) is 24.2 Å². The first-order chi connectivity index (χ1) is 13.4. The number of hydrogen-bond acceptors (Lipinski definition) is 4. The standard InChI is InChI=1S/C21H26N2O4S/c1-16-8-3-4-11-20(16)27-15-17(2)22-21(24)18-9-7-10-19(14-18)28(25,26)23-12-5-6-13-23/h3-4,7-11,14,17H,5-6,12-13,15H2,1-2H3,(H,22,24)/t17-/m1/s1. The number of ether oxygens (including phenoxy) is 1. The van der Waals surface area contributed by atoms with Crippen molar-refractivity contribution in [3.63, 3.8) is 0 Å². The van der Waals surface area contributed by atoms with Gasteiger partial charge in [-0.15, -0.1) is 0 Å². The van der Waals surface area contributed by atoms with Gasteiger partial charge in [-0.25, -0.2) is 8.42 Å². The Morgan fingerprint density at radius 3 is 2.57 bits per heavy atom. The van der Waals surface area contributed by atoms with Crippen LogP contribution in [-0.2, 0) is 10.0 Å². The molecular weight excluding hydrogens is 376 g/mol. The van der Waals surface area contributed by atoms with E-state index >= 15 is 0 Å². The van der Waals surface area contributed by atoms with Crippen LogP contribution in [-0.4, -0.2) is 44.4 Å². The topological polar surface area (TPSA) is 75.7 Å². The van der Waals surface area contributed by atoms with Gasteiger partial charge in [0, 0.05) is 18.7 Å². The zero-order chi connectivity index (χ0) is 20.1. The number of amides is 1. The maximum atomic E-state index is 12.7. The third-order valence-electron chi connectivity index (χ3n) is 4.76. The minimum absolute atomic E-state index is 0.158. The Bertz CT molecular complexity index is 937. The van der Waals surface area contributed by atoms with E-state index in [4.69, 9.17) is 4.74 Å². The van der Waals surface area contributed by atoms with Crippen molar-refractivity contribution in [1.29, 1.82) is 0 Å². The number of carbonyl (C=O) groups is 1. The van der Waals surface area contributed by atoms with Crippen LogP contribution >= 0.6 is 0 Å². The Hall–Kier alpha value is -2.38. The molecule has 1 aliphatic heterocycles. The van der Waals surface area contributed by atoms with Crippen molar-refractivity contribution in [3.8, 4) is 5.75 Å². The summed E-state index contributed by atoms with van der Waals surface area (Å²) in [6.07, 6.45) is 1.75. The van der Waals surface area contributed by atoms with Crippen molar-refractivity contribution in [1.82, 2.24) is 9.62 Å². The summed E-state index contributed by atoms with van der Waals surface area (Å²) in [6.45, 7) is 5.20. The minimum Gasteiger partial charge on any atom is -0.491 e. The third kappa shape index (κ3) is 4.72. The van der Waals surface area contributed by atoms with Crippen LogP contribution in [0.5, 0.6) is 5.75 Å². The number of nitrogens with one attached hydrogen (secondary N) is 1. The summed E-state index contributed by atoms with van der Waals surface area (Å²) in [5.74, 6) is 0.460. The highest BCUT2D eigenvalue weighted by Gasteiger charge is 2.27. The summed E-state index contributed by atoms with van der Waals surface area (Å²) in [7, 11) is -3.55. The molecular formula is C21H26N2O4S. The quantitative estimate of drug-likeness (QED) is 0.773. The van der Waals surface area contributed by atoms with Crippen LogP contribution in [0.4, 0.5) is 0 Å². The average Bonchev–Trinajstić information content (AvgIpc) is 3.23. The number of para-hydroxylation sites is 1. The molecule has 0 radical (unpaired) electrons. The molecule has 6 nitrogen and oxygen atoms in total. The molecule has 1 aliphatic rings. The number of nitrogens with zero attached hydrogens (tertiary/aromatic N) is 1. The lowest BCUT2D eigenvalue weighted by Crippen LogP contribution is -2.37. The first kappa shape index (κ1) is 20.4. The fourth-order valence-corrected chi connectivity index (χ4v) is 4.72. The zero-order valence-electron chi connectivity index (χ0n) is 16.2. The molecule has 0 aliphatic carbocycles. The molecule has 0 saturated carbocycles. The van der Waals surface area contributed by atoms with Gasteiger partial charge in [-0.1, -0.05) is 24.3 Å². The van der Waals surface area contributed by atoms with Crippen LogP contribution in [0.1, 0.15) is 35.7 Å². The number of aryl methyl sites for hydroxylation is 1. The van der Waals surface area contributed by atoms with Gasteiger partial charge in [-0.2, -0.15) is 4.31 Å². The zero-order valence-corrected chi connectivity index (χ0v) is 17.0. The van der Waals surface area contributed by atoms with E-state index in [1.165, 1.54) is 16.4 Å². The average molecular weight is 403 g/mol. The van der Waals surface area contributed by atoms with Gasteiger partial charge in [0.15, 0.2) is 0 Å². The second-order valence-corrected chi connectivity index (χ2v) is 9.03. The smallest absolute Gasteiger partial charge is 0.251 e. The molecule has 1 amide bonds. The van der Waals surface area contributed by atoms with E-state index in [0.29, 0.717) is 25.3 Å². The molecule has 2 aromatic carbocycles. The van der Waals surface area contributed by atoms with Gasteiger partial charge in [-0.05, 0) is 56.5 Å². The highest BCUT2D eigenvalue weighted by atomic mass is 32.2. The first-order valence-corrected chi connectivity index (χ1v) is 10.9. The van der Waals surface area contributed by atoms with E-state index in [-0.39, 0.29) is 16.8 Å². The highest BCUT2D eigenvalue weighted by molar-refractivity contribution is 7.89. The van der Waals surface area contributed by atoms with Crippen LogP contribution in [0.3, 0.4) is 0 Å². The second kappa shape index (κ2) is 8.75. The van der Waals surface area contributed by atoms with Crippen molar-refractivity contribution in [2.45, 2.75) is 37.6 Å². The summed E-state index contributed by atoms with van der Waals surface area (Å²) >= 11 is 0. The molecule has 0 aromatic heterocycles. The van der Waals surface area contributed by atoms with Crippen molar-refractivity contribution >= 4 is 15.9 Å². The van der Waals surface area contributed by atoms with Crippen molar-refractivity contribution in [2.75, 3.05) is 19.7 Å². The van der Waals surface area contributed by atoms with Crippen LogP contribution < -0.4 is 10.1 Å². The van der Waals surface area contributed by atoms with E-state index in [2.05, 4.69) is 5.32 Å². The lowest BCUT2D eigenvalue weighted by Gasteiger charge is -2.17. The predicted octanol–water partition coefficient (Wildman–Crippen LogP) is 2.98. The third-order valence-corrected chi connectivity index (χ3v) is 6.65. The summed E-state index contributed by atoms with van der Waals surface area (Å²) in [5.41, 5.74) is 1.35. The molecule has 1 saturated heterocycles. The van der Waals surface area contributed by atoms with Gasteiger partial charge < -0.3 is 10.1 Å². The van der Waals surface area contributed by atoms with Crippen molar-refractivity contribution in [2.24, 2.45) is 0 Å². The molecule has 150 valence electrons. The van der Waals surface area contributed by atoms with E-state index in [9.17, 15) is 13.2 Å². The molecule has 28 heavy (non-hydrogen) atoms. The van der Waals surface area contributed by atoms with E-state index < -0.39 is 10.0 Å². The maximum absolute atomic E-state index is 12.7. The fraction of sp³-hybridized carbons (Fsp3) is 0.381. The SMILES string of the molecule is Cc1ccccc1OC[C@@H](C)NC(=O)c1cccc(S(=O)(=O)N2CCCC2)c1. The lowest BCUT2D eigenvalue weighted by atomic mass is 10.2. The van der Waals surface area contributed by atoms with Crippen LogP contribution in [0.15, 0.2) is 53.4 Å². The van der Waals surface area contributed by atoms with Gasteiger partial charge in [0.25, 0.3) is 5.91 Å². The largest absolute Gasteiger partial charge is 0.491 e. The minimum atomic E-state index is -3.55. The van der Waals surface area contributed by atoms with Gasteiger partial charge in [0.2, 0.25) is 10.0 Å². The van der Waals surface area contributed by atoms with Crippen LogP contribution in [0.2, 0.25) is 0 Å². The molecule has 7 heteroatoms. The van der Waals surface area contributed by atoms with Crippen molar-refractivity contribution < 1.29 is 17.9 Å². The summed E-state index contributed by atoms with van der Waals surface area (Å²) < 4.78 is 32.6. The normalized spacial score (nSPS) is 15.9. The predicted molar refractivity (Wildman–Crippen MR) is 108 cm³/mol. The number of benzene rings is 2. The van der Waals surface area contributed by atoms with Crippen molar-refractivity contribution in [3.05, 3.63) is 59.7 Å². The second-order valence-electron chi connectivity index (χ2n) is 7.09. The molecule has 1 heterocycles. The number of hydrogen-bond donors (Lipinski definition) is 1. The summed E-state index contributed by atoms with van der Waals surface area (Å²) in [5, 5.41) is 2.86. The lowest BCUT2D eigenvalue weighted by molar-refractivity contribution is 0.0926. The number of sulfonamides is 1. The number of rotatable bonds is 7. The maximum Gasteiger partial charge on any atom is 0.251 e. The van der Waals surface area contributed by atoms with Gasteiger partial charge in [-0.3, -0.25) is 4.79 Å². The Morgan fingerprint density at radius 2 is 1.86 bits per heavy atom. The van der Waals surface area contributed by atoms with Gasteiger partial charge in [0.1, 0.15) is 12.4 Å². The van der Waals surface area contributed by atoms with E-state index in [1.54, 1.807) is 12.1 Å². The number of carbonyl (C=O) groups excluding carboxylic acids is 1. The molecule has 0 bridgehead atoms. The van der Waals surface area contributed by atoms with Crippen LogP contribution in [0.25, 0.3) is 0 Å². The van der Waals surface area contributed by atoms with E-state index in [1.807, 2.05) is 38.1 Å². The van der Waals surface area contributed by atoms with Gasteiger partial charge >= 0.3 is 0 Å². The van der Waals surface area contributed by atoms with Crippen LogP contribution in [0, 0.1) is 6.92 Å². The Kier molecular flexibility index (Phi) is 6.36. The molecule has 1 N–H and O–H groups in total. The fourth-order valence-electron chi connectivity index (χ4n) is 3.16. The molecule has 0 spiro atoms. The summed E-state index contributed by atoms with van der Waals surface area (Å²) in [6, 6.07) is 13.7.